The van der Waals surface area contributed by atoms with E-state index in [1.807, 2.05) is 0 Å². The maximum Gasteiger partial charge on any atom is 0.00670 e. The third-order valence-corrected chi connectivity index (χ3v) is 4.52. The van der Waals surface area contributed by atoms with E-state index in [-0.39, 0.29) is 0 Å². The van der Waals surface area contributed by atoms with E-state index in [0.29, 0.717) is 12.0 Å². The van der Waals surface area contributed by atoms with Crippen molar-refractivity contribution in [2.45, 2.75) is 57.9 Å². The number of nitrogens with one attached hydrogen (secondary N) is 1. The lowest BCUT2D eigenvalue weighted by atomic mass is 9.96. The first-order valence-electron chi connectivity index (χ1n) is 7.55. The fraction of sp³-hybridized carbons (Fsp3) is 0.647. The van der Waals surface area contributed by atoms with Gasteiger partial charge in [0.05, 0.1) is 0 Å². The molecule has 1 fully saturated rings. The van der Waals surface area contributed by atoms with Crippen molar-refractivity contribution in [1.82, 2.24) is 5.32 Å². The second-order valence-electron chi connectivity index (χ2n) is 5.89. The summed E-state index contributed by atoms with van der Waals surface area (Å²) >= 11 is 0. The molecule has 2 rings (SSSR count). The predicted molar refractivity (Wildman–Crippen MR) is 78.9 cm³/mol. The maximum absolute atomic E-state index is 3.73. The van der Waals surface area contributed by atoms with Gasteiger partial charge in [-0.15, -0.1) is 0 Å². The molecule has 1 aromatic rings. The molecule has 0 amide bonds. The molecule has 2 atom stereocenters. The minimum Gasteiger partial charge on any atom is -0.314 e. The molecule has 100 valence electrons. The molecule has 0 radical (unpaired) electrons. The van der Waals surface area contributed by atoms with Crippen LogP contribution in [0.1, 0.15) is 57.4 Å². The van der Waals surface area contributed by atoms with E-state index in [0.717, 1.165) is 12.5 Å². The van der Waals surface area contributed by atoms with Gasteiger partial charge in [0.25, 0.3) is 0 Å². The van der Waals surface area contributed by atoms with E-state index in [1.54, 1.807) is 0 Å². The van der Waals surface area contributed by atoms with Gasteiger partial charge in [0.15, 0.2) is 0 Å². The Labute approximate surface area is 112 Å². The Hall–Kier alpha value is -0.820. The van der Waals surface area contributed by atoms with Crippen LogP contribution in [0.3, 0.4) is 0 Å². The summed E-state index contributed by atoms with van der Waals surface area (Å²) in [5, 5.41) is 3.73. The van der Waals surface area contributed by atoms with Gasteiger partial charge in [-0.25, -0.2) is 0 Å². The molecule has 0 bridgehead atoms. The standard InChI is InChI=1S/C17H27N/c1-14(16-8-4-3-5-9-16)12-13-18-15(2)17-10-6-7-11-17/h3-5,8-9,14-15,17-18H,6-7,10-13H2,1-2H3/t14?,15-/m0/s1. The SMILES string of the molecule is CC(CCN[C@@H](C)C1CCCC1)c1ccccc1. The van der Waals surface area contributed by atoms with Crippen molar-refractivity contribution in [2.75, 3.05) is 6.54 Å². The van der Waals surface area contributed by atoms with E-state index in [4.69, 9.17) is 0 Å². The molecule has 1 saturated carbocycles. The summed E-state index contributed by atoms with van der Waals surface area (Å²) in [6.07, 6.45) is 6.99. The summed E-state index contributed by atoms with van der Waals surface area (Å²) in [6.45, 7) is 5.84. The molecular weight excluding hydrogens is 218 g/mol. The first-order valence-corrected chi connectivity index (χ1v) is 7.55. The smallest absolute Gasteiger partial charge is 0.00670 e. The zero-order chi connectivity index (χ0) is 12.8. The predicted octanol–water partition coefficient (Wildman–Crippen LogP) is 4.35. The highest BCUT2D eigenvalue weighted by atomic mass is 14.9. The van der Waals surface area contributed by atoms with Gasteiger partial charge in [0.1, 0.15) is 0 Å². The molecule has 18 heavy (non-hydrogen) atoms. The summed E-state index contributed by atoms with van der Waals surface area (Å²) in [4.78, 5) is 0. The van der Waals surface area contributed by atoms with Crippen LogP contribution in [0.15, 0.2) is 30.3 Å². The van der Waals surface area contributed by atoms with Crippen LogP contribution in [-0.2, 0) is 0 Å². The summed E-state index contributed by atoms with van der Waals surface area (Å²) in [6, 6.07) is 11.6. The summed E-state index contributed by atoms with van der Waals surface area (Å²) in [5.41, 5.74) is 1.47. The van der Waals surface area contributed by atoms with Gasteiger partial charge in [-0.1, -0.05) is 50.1 Å². The largest absolute Gasteiger partial charge is 0.314 e. The lowest BCUT2D eigenvalue weighted by molar-refractivity contribution is 0.376. The Bertz CT molecular complexity index is 327. The Morgan fingerprint density at radius 3 is 2.44 bits per heavy atom. The molecule has 1 unspecified atom stereocenters. The molecule has 1 nitrogen and oxygen atoms in total. The summed E-state index contributed by atoms with van der Waals surface area (Å²) in [5.74, 6) is 1.59. The lowest BCUT2D eigenvalue weighted by Gasteiger charge is -2.21. The second kappa shape index (κ2) is 6.94. The van der Waals surface area contributed by atoms with Crippen molar-refractivity contribution >= 4 is 0 Å². The maximum atomic E-state index is 3.73. The zero-order valence-electron chi connectivity index (χ0n) is 11.9. The van der Waals surface area contributed by atoms with Gasteiger partial charge in [0, 0.05) is 6.04 Å². The number of hydrogen-bond acceptors (Lipinski definition) is 1. The van der Waals surface area contributed by atoms with Gasteiger partial charge in [0.2, 0.25) is 0 Å². The van der Waals surface area contributed by atoms with Crippen molar-refractivity contribution in [1.29, 1.82) is 0 Å². The van der Waals surface area contributed by atoms with Gasteiger partial charge < -0.3 is 5.32 Å². The van der Waals surface area contributed by atoms with Crippen LogP contribution in [0.4, 0.5) is 0 Å². The highest BCUT2D eigenvalue weighted by molar-refractivity contribution is 5.18. The van der Waals surface area contributed by atoms with Gasteiger partial charge in [-0.3, -0.25) is 0 Å². The summed E-state index contributed by atoms with van der Waals surface area (Å²) in [7, 11) is 0. The highest BCUT2D eigenvalue weighted by Gasteiger charge is 2.20. The third-order valence-electron chi connectivity index (χ3n) is 4.52. The van der Waals surface area contributed by atoms with Gasteiger partial charge in [-0.2, -0.15) is 0 Å². The highest BCUT2D eigenvalue weighted by Crippen LogP contribution is 2.27. The van der Waals surface area contributed by atoms with Crippen LogP contribution < -0.4 is 5.32 Å². The fourth-order valence-electron chi connectivity index (χ4n) is 3.10. The average Bonchev–Trinajstić information content (AvgIpc) is 2.93. The number of benzene rings is 1. The quantitative estimate of drug-likeness (QED) is 0.785. The van der Waals surface area contributed by atoms with Crippen molar-refractivity contribution in [3.63, 3.8) is 0 Å². The fourth-order valence-corrected chi connectivity index (χ4v) is 3.10. The van der Waals surface area contributed by atoms with Crippen LogP contribution in [0, 0.1) is 5.92 Å². The average molecular weight is 245 g/mol. The molecule has 0 spiro atoms. The van der Waals surface area contributed by atoms with Gasteiger partial charge >= 0.3 is 0 Å². The third kappa shape index (κ3) is 3.84. The molecule has 0 aromatic heterocycles. The molecule has 1 aromatic carbocycles. The molecule has 1 heteroatoms. The monoisotopic (exact) mass is 245 g/mol. The summed E-state index contributed by atoms with van der Waals surface area (Å²) < 4.78 is 0. The number of rotatable bonds is 6. The number of hydrogen-bond donors (Lipinski definition) is 1. The minimum absolute atomic E-state index is 0.662. The topological polar surface area (TPSA) is 12.0 Å². The van der Waals surface area contributed by atoms with Crippen molar-refractivity contribution < 1.29 is 0 Å². The second-order valence-corrected chi connectivity index (χ2v) is 5.89. The van der Waals surface area contributed by atoms with Crippen LogP contribution in [0.2, 0.25) is 0 Å². The van der Waals surface area contributed by atoms with E-state index in [2.05, 4.69) is 49.5 Å². The van der Waals surface area contributed by atoms with Crippen LogP contribution >= 0.6 is 0 Å². The zero-order valence-corrected chi connectivity index (χ0v) is 11.9. The van der Waals surface area contributed by atoms with Crippen molar-refractivity contribution in [3.8, 4) is 0 Å². The van der Waals surface area contributed by atoms with Crippen LogP contribution in [-0.4, -0.2) is 12.6 Å². The Morgan fingerprint density at radius 1 is 1.11 bits per heavy atom. The first-order chi connectivity index (χ1) is 8.77. The van der Waals surface area contributed by atoms with E-state index in [1.165, 1.54) is 37.7 Å². The molecule has 0 aliphatic heterocycles. The molecule has 1 N–H and O–H groups in total. The Morgan fingerprint density at radius 2 is 1.78 bits per heavy atom. The van der Waals surface area contributed by atoms with Crippen molar-refractivity contribution in [3.05, 3.63) is 35.9 Å². The molecule has 1 aliphatic rings. The molecular formula is C17H27N. The van der Waals surface area contributed by atoms with Crippen LogP contribution in [0.5, 0.6) is 0 Å². The van der Waals surface area contributed by atoms with Gasteiger partial charge in [-0.05, 0) is 50.1 Å². The van der Waals surface area contributed by atoms with Crippen LogP contribution in [0.25, 0.3) is 0 Å². The molecule has 0 saturated heterocycles. The minimum atomic E-state index is 0.662. The van der Waals surface area contributed by atoms with E-state index in [9.17, 15) is 0 Å². The first kappa shape index (κ1) is 13.6. The molecule has 0 heterocycles. The Kier molecular flexibility index (Phi) is 5.25. The van der Waals surface area contributed by atoms with Crippen molar-refractivity contribution in [2.24, 2.45) is 5.92 Å². The lowest BCUT2D eigenvalue weighted by Crippen LogP contribution is -2.33. The Balaban J connectivity index is 1.68. The normalized spacial score (nSPS) is 19.9. The van der Waals surface area contributed by atoms with E-state index < -0.39 is 0 Å². The van der Waals surface area contributed by atoms with E-state index >= 15 is 0 Å². The molecule has 1 aliphatic carbocycles.